The zero-order valence-electron chi connectivity index (χ0n) is 12.1. The Balaban J connectivity index is 2.32. The van der Waals surface area contributed by atoms with E-state index in [1.165, 1.54) is 10.4 Å². The van der Waals surface area contributed by atoms with Crippen LogP contribution in [-0.4, -0.2) is 25.8 Å². The maximum absolute atomic E-state index is 12.7. The number of hydrogen-bond acceptors (Lipinski definition) is 3. The molecule has 1 saturated heterocycles. The Morgan fingerprint density at radius 2 is 1.95 bits per heavy atom. The Labute approximate surface area is 121 Å². The van der Waals surface area contributed by atoms with Crippen LogP contribution in [0.25, 0.3) is 0 Å². The zero-order valence-corrected chi connectivity index (χ0v) is 12.9. The maximum Gasteiger partial charge on any atom is 0.244 e. The van der Waals surface area contributed by atoms with Gasteiger partial charge in [0.15, 0.2) is 0 Å². The van der Waals surface area contributed by atoms with Gasteiger partial charge in [0.1, 0.15) is 6.07 Å². The molecule has 1 unspecified atom stereocenters. The minimum atomic E-state index is -3.56. The van der Waals surface area contributed by atoms with E-state index in [0.29, 0.717) is 19.0 Å². The molecule has 1 aromatic carbocycles. The van der Waals surface area contributed by atoms with Crippen molar-refractivity contribution in [1.82, 2.24) is 4.31 Å². The second kappa shape index (κ2) is 5.19. The minimum Gasteiger partial charge on any atom is -0.207 e. The molecule has 2 rings (SSSR count). The van der Waals surface area contributed by atoms with E-state index < -0.39 is 10.0 Å². The van der Waals surface area contributed by atoms with Crippen molar-refractivity contribution >= 4 is 10.0 Å². The van der Waals surface area contributed by atoms with Gasteiger partial charge in [-0.25, -0.2) is 8.42 Å². The lowest BCUT2D eigenvalue weighted by molar-refractivity contribution is 0.252. The van der Waals surface area contributed by atoms with E-state index in [-0.39, 0.29) is 15.9 Å². The molecule has 1 fully saturated rings. The van der Waals surface area contributed by atoms with E-state index in [1.807, 2.05) is 6.07 Å². The smallest absolute Gasteiger partial charge is 0.207 e. The molecule has 108 valence electrons. The Kier molecular flexibility index (Phi) is 3.90. The van der Waals surface area contributed by atoms with Crippen LogP contribution in [-0.2, 0) is 10.0 Å². The van der Waals surface area contributed by atoms with Gasteiger partial charge in [0, 0.05) is 13.1 Å². The summed E-state index contributed by atoms with van der Waals surface area (Å²) in [6, 6.07) is 8.36. The Morgan fingerprint density at radius 1 is 1.30 bits per heavy atom. The van der Waals surface area contributed by atoms with Crippen LogP contribution >= 0.6 is 0 Å². The third kappa shape index (κ3) is 2.72. The molecule has 1 aliphatic heterocycles. The van der Waals surface area contributed by atoms with Gasteiger partial charge >= 0.3 is 0 Å². The predicted molar refractivity (Wildman–Crippen MR) is 77.5 cm³/mol. The van der Waals surface area contributed by atoms with E-state index in [2.05, 4.69) is 20.8 Å². The largest absolute Gasteiger partial charge is 0.244 e. The molecule has 1 heterocycles. The normalized spacial score (nSPS) is 20.8. The first-order valence-corrected chi connectivity index (χ1v) is 8.20. The summed E-state index contributed by atoms with van der Waals surface area (Å²) in [5.41, 5.74) is 0.311. The van der Waals surface area contributed by atoms with Crippen molar-refractivity contribution in [3.63, 3.8) is 0 Å². The molecular formula is C15H20N2O2S. The lowest BCUT2D eigenvalue weighted by Crippen LogP contribution is -2.31. The van der Waals surface area contributed by atoms with E-state index in [0.717, 1.165) is 6.42 Å². The van der Waals surface area contributed by atoms with Gasteiger partial charge in [-0.15, -0.1) is 0 Å². The Bertz CT molecular complexity index is 639. The molecule has 0 N–H and O–H groups in total. The van der Waals surface area contributed by atoms with Crippen molar-refractivity contribution in [2.24, 2.45) is 11.3 Å². The highest BCUT2D eigenvalue weighted by Crippen LogP contribution is 2.36. The van der Waals surface area contributed by atoms with Gasteiger partial charge in [-0.1, -0.05) is 32.9 Å². The molecule has 1 aromatic rings. The lowest BCUT2D eigenvalue weighted by atomic mass is 9.80. The molecule has 1 atom stereocenters. The Morgan fingerprint density at radius 3 is 2.50 bits per heavy atom. The van der Waals surface area contributed by atoms with Gasteiger partial charge in [-0.3, -0.25) is 0 Å². The van der Waals surface area contributed by atoms with Crippen molar-refractivity contribution in [2.75, 3.05) is 13.1 Å². The first-order chi connectivity index (χ1) is 9.26. The number of nitrogens with zero attached hydrogens (tertiary/aromatic N) is 2. The first-order valence-electron chi connectivity index (χ1n) is 6.76. The molecule has 5 heteroatoms. The molecule has 0 amide bonds. The summed E-state index contributed by atoms with van der Waals surface area (Å²) in [5.74, 6) is 0.353. The van der Waals surface area contributed by atoms with Crippen molar-refractivity contribution in [2.45, 2.75) is 32.1 Å². The summed E-state index contributed by atoms with van der Waals surface area (Å²) >= 11 is 0. The summed E-state index contributed by atoms with van der Waals surface area (Å²) < 4.78 is 26.8. The number of rotatable bonds is 2. The van der Waals surface area contributed by atoms with Crippen LogP contribution in [0.2, 0.25) is 0 Å². The molecule has 0 radical (unpaired) electrons. The van der Waals surface area contributed by atoms with Crippen molar-refractivity contribution in [3.8, 4) is 6.07 Å². The molecule has 0 bridgehead atoms. The highest BCUT2D eigenvalue weighted by molar-refractivity contribution is 7.89. The standard InChI is InChI=1S/C15H20N2O2S/c1-15(2,3)13-8-9-17(11-13)20(18,19)14-7-5-4-6-12(14)10-16/h4-7,13H,8-9,11H2,1-3H3. The Hall–Kier alpha value is -1.38. The quantitative estimate of drug-likeness (QED) is 0.841. The molecule has 20 heavy (non-hydrogen) atoms. The number of hydrogen-bond donors (Lipinski definition) is 0. The summed E-state index contributed by atoms with van der Waals surface area (Å²) in [7, 11) is -3.56. The van der Waals surface area contributed by atoms with Gasteiger partial charge in [0.05, 0.1) is 10.5 Å². The van der Waals surface area contributed by atoms with E-state index in [9.17, 15) is 8.42 Å². The first kappa shape index (κ1) is 15.0. The summed E-state index contributed by atoms with van der Waals surface area (Å²) in [5, 5.41) is 9.07. The van der Waals surface area contributed by atoms with Crippen LogP contribution in [0.4, 0.5) is 0 Å². The van der Waals surface area contributed by atoms with Gasteiger partial charge in [0.25, 0.3) is 0 Å². The molecule has 0 saturated carbocycles. The summed E-state index contributed by atoms with van der Waals surface area (Å²) in [6.45, 7) is 7.47. The van der Waals surface area contributed by atoms with E-state index >= 15 is 0 Å². The van der Waals surface area contributed by atoms with Crippen LogP contribution < -0.4 is 0 Å². The topological polar surface area (TPSA) is 61.2 Å². The highest BCUT2D eigenvalue weighted by Gasteiger charge is 2.38. The number of nitriles is 1. The fourth-order valence-corrected chi connectivity index (χ4v) is 4.22. The van der Waals surface area contributed by atoms with Crippen molar-refractivity contribution in [3.05, 3.63) is 29.8 Å². The average Bonchev–Trinajstić information content (AvgIpc) is 2.88. The predicted octanol–water partition coefficient (Wildman–Crippen LogP) is 2.61. The molecule has 0 spiro atoms. The zero-order chi connectivity index (χ0) is 15.0. The molecular weight excluding hydrogens is 272 g/mol. The minimum absolute atomic E-state index is 0.0962. The van der Waals surface area contributed by atoms with Crippen LogP contribution in [0, 0.1) is 22.7 Å². The van der Waals surface area contributed by atoms with Crippen molar-refractivity contribution < 1.29 is 8.42 Å². The highest BCUT2D eigenvalue weighted by atomic mass is 32.2. The van der Waals surface area contributed by atoms with Crippen LogP contribution in [0.15, 0.2) is 29.2 Å². The summed E-state index contributed by atoms with van der Waals surface area (Å²) in [6.07, 6.45) is 0.872. The fourth-order valence-electron chi connectivity index (χ4n) is 2.58. The van der Waals surface area contributed by atoms with Gasteiger partial charge in [-0.05, 0) is 29.9 Å². The van der Waals surface area contributed by atoms with Crippen LogP contribution in [0.1, 0.15) is 32.8 Å². The van der Waals surface area contributed by atoms with Gasteiger partial charge < -0.3 is 0 Å². The van der Waals surface area contributed by atoms with Crippen LogP contribution in [0.3, 0.4) is 0 Å². The lowest BCUT2D eigenvalue weighted by Gasteiger charge is -2.27. The maximum atomic E-state index is 12.7. The average molecular weight is 292 g/mol. The SMILES string of the molecule is CC(C)(C)C1CCN(S(=O)(=O)c2ccccc2C#N)C1. The van der Waals surface area contributed by atoms with E-state index in [4.69, 9.17) is 5.26 Å². The second-order valence-corrected chi connectivity index (χ2v) is 8.23. The van der Waals surface area contributed by atoms with Crippen molar-refractivity contribution in [1.29, 1.82) is 5.26 Å². The van der Waals surface area contributed by atoms with Gasteiger partial charge in [0.2, 0.25) is 10.0 Å². The molecule has 1 aliphatic rings. The monoisotopic (exact) mass is 292 g/mol. The third-order valence-corrected chi connectivity index (χ3v) is 5.92. The fraction of sp³-hybridized carbons (Fsp3) is 0.533. The number of benzene rings is 1. The summed E-state index contributed by atoms with van der Waals surface area (Å²) in [4.78, 5) is 0.122. The second-order valence-electron chi connectivity index (χ2n) is 6.32. The van der Waals surface area contributed by atoms with E-state index in [1.54, 1.807) is 18.2 Å². The third-order valence-electron chi connectivity index (χ3n) is 4.00. The number of sulfonamides is 1. The molecule has 0 aromatic heterocycles. The van der Waals surface area contributed by atoms with Gasteiger partial charge in [-0.2, -0.15) is 9.57 Å². The molecule has 0 aliphatic carbocycles. The molecule has 4 nitrogen and oxygen atoms in total. The van der Waals surface area contributed by atoms with Crippen LogP contribution in [0.5, 0.6) is 0 Å².